The molecule has 3 N–H and O–H groups in total. The van der Waals surface area contributed by atoms with E-state index in [1.54, 1.807) is 5.48 Å². The molecular formula is C10H14N2O2. The monoisotopic (exact) mass is 194 g/mol. The maximum Gasteiger partial charge on any atom is 0.240 e. The molecule has 0 spiro atoms. The second-order valence-corrected chi connectivity index (χ2v) is 2.93. The molecule has 14 heavy (non-hydrogen) atoms. The third kappa shape index (κ3) is 3.16. The van der Waals surface area contributed by atoms with Gasteiger partial charge in [-0.15, -0.1) is 0 Å². The first-order valence-electron chi connectivity index (χ1n) is 4.52. The van der Waals surface area contributed by atoms with E-state index >= 15 is 0 Å². The first-order chi connectivity index (χ1) is 6.76. The maximum atomic E-state index is 11.0. The molecule has 0 bridgehead atoms. The van der Waals surface area contributed by atoms with Crippen LogP contribution >= 0.6 is 0 Å². The van der Waals surface area contributed by atoms with E-state index in [4.69, 9.17) is 5.21 Å². The summed E-state index contributed by atoms with van der Waals surface area (Å²) in [7, 11) is 0. The SMILES string of the molecule is CCc1ccc(NC(=O)CNO)cc1. The highest BCUT2D eigenvalue weighted by Crippen LogP contribution is 2.09. The molecule has 76 valence electrons. The van der Waals surface area contributed by atoms with Gasteiger partial charge in [0.05, 0.1) is 0 Å². The summed E-state index contributed by atoms with van der Waals surface area (Å²) in [6.45, 7) is 1.97. The number of hydroxylamine groups is 1. The lowest BCUT2D eigenvalue weighted by Gasteiger charge is -2.04. The van der Waals surface area contributed by atoms with E-state index in [-0.39, 0.29) is 12.5 Å². The van der Waals surface area contributed by atoms with Gasteiger partial charge in [-0.25, -0.2) is 0 Å². The second-order valence-electron chi connectivity index (χ2n) is 2.93. The van der Waals surface area contributed by atoms with Gasteiger partial charge in [-0.05, 0) is 24.1 Å². The summed E-state index contributed by atoms with van der Waals surface area (Å²) in [5, 5.41) is 10.9. The average Bonchev–Trinajstić information content (AvgIpc) is 2.19. The Labute approximate surface area is 82.9 Å². The largest absolute Gasteiger partial charge is 0.325 e. The smallest absolute Gasteiger partial charge is 0.240 e. The van der Waals surface area contributed by atoms with E-state index < -0.39 is 0 Å². The van der Waals surface area contributed by atoms with Crippen LogP contribution in [0.4, 0.5) is 5.69 Å². The van der Waals surface area contributed by atoms with Crippen molar-refractivity contribution >= 4 is 11.6 Å². The molecule has 0 saturated carbocycles. The van der Waals surface area contributed by atoms with Crippen LogP contribution in [-0.2, 0) is 11.2 Å². The summed E-state index contributed by atoms with van der Waals surface area (Å²) in [6.07, 6.45) is 0.979. The highest BCUT2D eigenvalue weighted by Gasteiger charge is 1.99. The van der Waals surface area contributed by atoms with Crippen LogP contribution in [-0.4, -0.2) is 17.7 Å². The number of hydrogen-bond acceptors (Lipinski definition) is 3. The average molecular weight is 194 g/mol. The molecule has 0 heterocycles. The van der Waals surface area contributed by atoms with Crippen molar-refractivity contribution < 1.29 is 10.0 Å². The minimum absolute atomic E-state index is 0.102. The molecule has 0 aliphatic heterocycles. The molecule has 4 heteroatoms. The fourth-order valence-electron chi connectivity index (χ4n) is 1.10. The van der Waals surface area contributed by atoms with Crippen LogP contribution in [0.3, 0.4) is 0 Å². The first kappa shape index (κ1) is 10.7. The van der Waals surface area contributed by atoms with E-state index in [0.29, 0.717) is 0 Å². The molecule has 1 aromatic carbocycles. The fourth-order valence-corrected chi connectivity index (χ4v) is 1.10. The maximum absolute atomic E-state index is 11.0. The number of carbonyl (C=O) groups excluding carboxylic acids is 1. The number of nitrogens with one attached hydrogen (secondary N) is 2. The van der Waals surface area contributed by atoms with Crippen molar-refractivity contribution in [3.05, 3.63) is 29.8 Å². The lowest BCUT2D eigenvalue weighted by atomic mass is 10.1. The van der Waals surface area contributed by atoms with Crippen molar-refractivity contribution in [1.29, 1.82) is 0 Å². The minimum atomic E-state index is -0.267. The van der Waals surface area contributed by atoms with Crippen LogP contribution < -0.4 is 10.8 Å². The Bertz CT molecular complexity index is 295. The molecular weight excluding hydrogens is 180 g/mol. The van der Waals surface area contributed by atoms with Gasteiger partial charge in [0.1, 0.15) is 6.54 Å². The lowest BCUT2D eigenvalue weighted by molar-refractivity contribution is -0.116. The molecule has 1 rings (SSSR count). The number of benzene rings is 1. The lowest BCUT2D eigenvalue weighted by Crippen LogP contribution is -2.25. The molecule has 0 atom stereocenters. The van der Waals surface area contributed by atoms with Gasteiger partial charge in [0.15, 0.2) is 0 Å². The Morgan fingerprint density at radius 1 is 1.36 bits per heavy atom. The van der Waals surface area contributed by atoms with E-state index in [1.165, 1.54) is 5.56 Å². The van der Waals surface area contributed by atoms with Crippen LogP contribution in [0, 0.1) is 0 Å². The van der Waals surface area contributed by atoms with Crippen molar-refractivity contribution in [2.45, 2.75) is 13.3 Å². The zero-order valence-corrected chi connectivity index (χ0v) is 8.08. The van der Waals surface area contributed by atoms with Crippen LogP contribution in [0.2, 0.25) is 0 Å². The highest BCUT2D eigenvalue weighted by molar-refractivity contribution is 5.92. The Kier molecular flexibility index (Phi) is 4.10. The second kappa shape index (κ2) is 5.36. The molecule has 0 aliphatic carbocycles. The summed E-state index contributed by atoms with van der Waals surface area (Å²) in [4.78, 5) is 11.0. The zero-order chi connectivity index (χ0) is 10.4. The molecule has 0 aliphatic rings. The van der Waals surface area contributed by atoms with Crippen molar-refractivity contribution in [3.8, 4) is 0 Å². The summed E-state index contributed by atoms with van der Waals surface area (Å²) in [5.41, 5.74) is 3.76. The van der Waals surface area contributed by atoms with Gasteiger partial charge in [-0.1, -0.05) is 19.1 Å². The van der Waals surface area contributed by atoms with Crippen molar-refractivity contribution in [2.24, 2.45) is 0 Å². The molecule has 0 fully saturated rings. The van der Waals surface area contributed by atoms with Gasteiger partial charge in [-0.2, -0.15) is 5.48 Å². The quantitative estimate of drug-likeness (QED) is 0.630. The molecule has 0 saturated heterocycles. The van der Waals surface area contributed by atoms with E-state index in [9.17, 15) is 4.79 Å². The molecule has 1 amide bonds. The predicted molar refractivity (Wildman–Crippen MR) is 54.2 cm³/mol. The number of amides is 1. The molecule has 0 aromatic heterocycles. The van der Waals surface area contributed by atoms with Gasteiger partial charge in [0.2, 0.25) is 5.91 Å². The molecule has 0 unspecified atom stereocenters. The summed E-state index contributed by atoms with van der Waals surface area (Å²) < 4.78 is 0. The first-order valence-corrected chi connectivity index (χ1v) is 4.52. The van der Waals surface area contributed by atoms with E-state index in [2.05, 4.69) is 12.2 Å². The van der Waals surface area contributed by atoms with Crippen molar-refractivity contribution in [2.75, 3.05) is 11.9 Å². The Balaban J connectivity index is 2.55. The molecule has 4 nitrogen and oxygen atoms in total. The number of hydrogen-bond donors (Lipinski definition) is 3. The molecule has 1 aromatic rings. The van der Waals surface area contributed by atoms with Crippen molar-refractivity contribution in [3.63, 3.8) is 0 Å². The topological polar surface area (TPSA) is 61.4 Å². The Morgan fingerprint density at radius 3 is 2.50 bits per heavy atom. The third-order valence-electron chi connectivity index (χ3n) is 1.89. The highest BCUT2D eigenvalue weighted by atomic mass is 16.5. The fraction of sp³-hybridized carbons (Fsp3) is 0.300. The van der Waals surface area contributed by atoms with Gasteiger partial charge in [0.25, 0.3) is 0 Å². The summed E-state index contributed by atoms with van der Waals surface area (Å²) >= 11 is 0. The predicted octanol–water partition coefficient (Wildman–Crippen LogP) is 1.17. The number of anilines is 1. The molecule has 0 radical (unpaired) electrons. The van der Waals surface area contributed by atoms with Crippen LogP contribution in [0.25, 0.3) is 0 Å². The standard InChI is InChI=1S/C10H14N2O2/c1-2-8-3-5-9(6-4-8)12-10(13)7-11-14/h3-6,11,14H,2,7H2,1H3,(H,12,13). The zero-order valence-electron chi connectivity index (χ0n) is 8.08. The Morgan fingerprint density at radius 2 is 2.00 bits per heavy atom. The normalized spacial score (nSPS) is 9.86. The number of rotatable bonds is 4. The van der Waals surface area contributed by atoms with Crippen LogP contribution in [0.5, 0.6) is 0 Å². The third-order valence-corrected chi connectivity index (χ3v) is 1.89. The Hall–Kier alpha value is -1.39. The van der Waals surface area contributed by atoms with Gasteiger partial charge in [-0.3, -0.25) is 4.79 Å². The van der Waals surface area contributed by atoms with Gasteiger partial charge in [0, 0.05) is 5.69 Å². The van der Waals surface area contributed by atoms with E-state index in [0.717, 1.165) is 12.1 Å². The minimum Gasteiger partial charge on any atom is -0.325 e. The van der Waals surface area contributed by atoms with Crippen LogP contribution in [0.15, 0.2) is 24.3 Å². The van der Waals surface area contributed by atoms with E-state index in [1.807, 2.05) is 24.3 Å². The van der Waals surface area contributed by atoms with Crippen LogP contribution in [0.1, 0.15) is 12.5 Å². The van der Waals surface area contributed by atoms with Gasteiger partial charge < -0.3 is 10.5 Å². The summed E-state index contributed by atoms with van der Waals surface area (Å²) in [6, 6.07) is 7.60. The van der Waals surface area contributed by atoms with Crippen molar-refractivity contribution in [1.82, 2.24) is 5.48 Å². The number of aryl methyl sites for hydroxylation is 1. The number of carbonyl (C=O) groups is 1. The summed E-state index contributed by atoms with van der Waals surface area (Å²) in [5.74, 6) is -0.267. The van der Waals surface area contributed by atoms with Gasteiger partial charge >= 0.3 is 0 Å².